The maximum atomic E-state index is 13.5. The molecule has 0 aliphatic heterocycles. The number of carbonyl (C=O) groups is 1. The zero-order chi connectivity index (χ0) is 13.1. The van der Waals surface area contributed by atoms with Crippen LogP contribution in [0.25, 0.3) is 0 Å². The van der Waals surface area contributed by atoms with Gasteiger partial charge in [0.05, 0.1) is 11.8 Å². The second kappa shape index (κ2) is 5.22. The predicted octanol–water partition coefficient (Wildman–Crippen LogP) is 2.55. The fraction of sp³-hybridized carbons (Fsp3) is 0.167. The van der Waals surface area contributed by atoms with Gasteiger partial charge in [0.25, 0.3) is 0 Å². The Balaban J connectivity index is 2.13. The maximum absolute atomic E-state index is 13.5. The van der Waals surface area contributed by atoms with E-state index in [1.165, 1.54) is 30.0 Å². The standard InChI is InChI=1S/C12H11FN2O2S/c1-15-6-10(5-14-15)18-7-9-4-8(12(16)17)2-3-11(9)13/h2-6H,7H2,1H3,(H,16,17). The Kier molecular flexibility index (Phi) is 3.66. The molecule has 2 aromatic rings. The van der Waals surface area contributed by atoms with E-state index in [4.69, 9.17) is 5.11 Å². The van der Waals surface area contributed by atoms with Gasteiger partial charge in [0, 0.05) is 23.9 Å². The van der Waals surface area contributed by atoms with Crippen LogP contribution in [0.1, 0.15) is 15.9 Å². The fourth-order valence-electron chi connectivity index (χ4n) is 1.45. The quantitative estimate of drug-likeness (QED) is 0.864. The van der Waals surface area contributed by atoms with Crippen molar-refractivity contribution in [3.8, 4) is 0 Å². The van der Waals surface area contributed by atoms with Gasteiger partial charge in [-0.15, -0.1) is 11.8 Å². The van der Waals surface area contributed by atoms with Crippen LogP contribution in [0.2, 0.25) is 0 Å². The molecule has 0 spiro atoms. The molecule has 0 fully saturated rings. The number of halogens is 1. The van der Waals surface area contributed by atoms with E-state index >= 15 is 0 Å². The van der Waals surface area contributed by atoms with E-state index in [1.807, 2.05) is 6.20 Å². The first-order chi connectivity index (χ1) is 8.56. The largest absolute Gasteiger partial charge is 0.478 e. The van der Waals surface area contributed by atoms with E-state index in [0.717, 1.165) is 4.90 Å². The van der Waals surface area contributed by atoms with Crippen LogP contribution in [0.5, 0.6) is 0 Å². The zero-order valence-electron chi connectivity index (χ0n) is 9.63. The molecule has 0 radical (unpaired) electrons. The molecule has 0 unspecified atom stereocenters. The zero-order valence-corrected chi connectivity index (χ0v) is 10.4. The highest BCUT2D eigenvalue weighted by atomic mass is 32.2. The molecule has 0 bridgehead atoms. The molecule has 4 nitrogen and oxygen atoms in total. The molecule has 0 saturated heterocycles. The summed E-state index contributed by atoms with van der Waals surface area (Å²) in [5.41, 5.74) is 0.474. The molecule has 0 aliphatic carbocycles. The molecule has 1 aromatic heterocycles. The Morgan fingerprint density at radius 3 is 2.94 bits per heavy atom. The van der Waals surface area contributed by atoms with Gasteiger partial charge >= 0.3 is 5.97 Å². The van der Waals surface area contributed by atoms with Gasteiger partial charge < -0.3 is 5.11 Å². The van der Waals surface area contributed by atoms with Crippen molar-refractivity contribution in [2.75, 3.05) is 0 Å². The number of rotatable bonds is 4. The first-order valence-corrected chi connectivity index (χ1v) is 6.18. The van der Waals surface area contributed by atoms with Crippen molar-refractivity contribution in [3.05, 3.63) is 47.5 Å². The topological polar surface area (TPSA) is 55.1 Å². The van der Waals surface area contributed by atoms with Crippen LogP contribution in [-0.2, 0) is 12.8 Å². The minimum atomic E-state index is -1.05. The number of aryl methyl sites for hydroxylation is 1. The van der Waals surface area contributed by atoms with Gasteiger partial charge in [-0.2, -0.15) is 5.10 Å². The van der Waals surface area contributed by atoms with Gasteiger partial charge in [-0.05, 0) is 23.8 Å². The van der Waals surface area contributed by atoms with Crippen LogP contribution < -0.4 is 0 Å². The summed E-state index contributed by atoms with van der Waals surface area (Å²) >= 11 is 1.41. The third-order valence-corrected chi connectivity index (χ3v) is 3.37. The van der Waals surface area contributed by atoms with E-state index in [1.54, 1.807) is 17.9 Å². The second-order valence-corrected chi connectivity index (χ2v) is 4.80. The van der Waals surface area contributed by atoms with Gasteiger partial charge in [-0.3, -0.25) is 4.68 Å². The summed E-state index contributed by atoms with van der Waals surface area (Å²) in [6, 6.07) is 3.81. The molecule has 6 heteroatoms. The Morgan fingerprint density at radius 2 is 2.33 bits per heavy atom. The lowest BCUT2D eigenvalue weighted by Crippen LogP contribution is -1.98. The number of carboxylic acid groups (broad SMARTS) is 1. The van der Waals surface area contributed by atoms with Crippen molar-refractivity contribution in [1.82, 2.24) is 9.78 Å². The van der Waals surface area contributed by atoms with Crippen molar-refractivity contribution in [1.29, 1.82) is 0 Å². The third kappa shape index (κ3) is 2.89. The molecule has 1 aromatic carbocycles. The normalized spacial score (nSPS) is 10.6. The minimum absolute atomic E-state index is 0.0955. The number of aromatic carboxylic acids is 1. The summed E-state index contributed by atoms with van der Waals surface area (Å²) in [6.07, 6.45) is 3.51. The lowest BCUT2D eigenvalue weighted by atomic mass is 10.1. The van der Waals surface area contributed by atoms with Crippen LogP contribution in [0.3, 0.4) is 0 Å². The molecular weight excluding hydrogens is 255 g/mol. The van der Waals surface area contributed by atoms with E-state index in [0.29, 0.717) is 11.3 Å². The highest BCUT2D eigenvalue weighted by molar-refractivity contribution is 7.98. The summed E-state index contributed by atoms with van der Waals surface area (Å²) in [4.78, 5) is 11.7. The van der Waals surface area contributed by atoms with Crippen molar-refractivity contribution in [2.45, 2.75) is 10.6 Å². The molecule has 1 N–H and O–H groups in total. The average Bonchev–Trinajstić information content (AvgIpc) is 2.74. The van der Waals surface area contributed by atoms with Crippen molar-refractivity contribution in [2.24, 2.45) is 7.05 Å². The SMILES string of the molecule is Cn1cc(SCc2cc(C(=O)O)ccc2F)cn1. The monoisotopic (exact) mass is 266 g/mol. The molecule has 2 rings (SSSR count). The molecule has 0 amide bonds. The van der Waals surface area contributed by atoms with Gasteiger partial charge in [0.1, 0.15) is 5.82 Å². The third-order valence-electron chi connectivity index (χ3n) is 2.37. The van der Waals surface area contributed by atoms with E-state index < -0.39 is 11.8 Å². The number of hydrogen-bond donors (Lipinski definition) is 1. The summed E-state index contributed by atoms with van der Waals surface area (Å²) in [6.45, 7) is 0. The maximum Gasteiger partial charge on any atom is 0.335 e. The molecular formula is C12H11FN2O2S. The van der Waals surface area contributed by atoms with Crippen molar-refractivity contribution < 1.29 is 14.3 Å². The van der Waals surface area contributed by atoms with E-state index in [-0.39, 0.29) is 5.56 Å². The molecule has 94 valence electrons. The number of carboxylic acids is 1. The molecule has 0 saturated carbocycles. The van der Waals surface area contributed by atoms with Crippen molar-refractivity contribution in [3.63, 3.8) is 0 Å². The summed E-state index contributed by atoms with van der Waals surface area (Å²) < 4.78 is 15.2. The van der Waals surface area contributed by atoms with Gasteiger partial charge in [0.2, 0.25) is 0 Å². The Hall–Kier alpha value is -1.82. The first kappa shape index (κ1) is 12.6. The Morgan fingerprint density at radius 1 is 1.56 bits per heavy atom. The van der Waals surface area contributed by atoms with Gasteiger partial charge in [-0.25, -0.2) is 9.18 Å². The number of hydrogen-bond acceptors (Lipinski definition) is 3. The molecule has 1 heterocycles. The van der Waals surface area contributed by atoms with E-state index in [9.17, 15) is 9.18 Å². The smallest absolute Gasteiger partial charge is 0.335 e. The molecule has 0 aliphatic rings. The summed E-state index contributed by atoms with van der Waals surface area (Å²) in [5.74, 6) is -1.07. The highest BCUT2D eigenvalue weighted by Crippen LogP contribution is 2.24. The predicted molar refractivity (Wildman–Crippen MR) is 66.1 cm³/mol. The second-order valence-electron chi connectivity index (χ2n) is 3.75. The van der Waals surface area contributed by atoms with Gasteiger partial charge in [0.15, 0.2) is 0 Å². The lowest BCUT2D eigenvalue weighted by Gasteiger charge is -2.03. The van der Waals surface area contributed by atoms with Crippen LogP contribution >= 0.6 is 11.8 Å². The average molecular weight is 266 g/mol. The Bertz CT molecular complexity index is 583. The minimum Gasteiger partial charge on any atom is -0.478 e. The van der Waals surface area contributed by atoms with Gasteiger partial charge in [-0.1, -0.05) is 0 Å². The van der Waals surface area contributed by atoms with Crippen LogP contribution in [0.4, 0.5) is 4.39 Å². The summed E-state index contributed by atoms with van der Waals surface area (Å²) in [7, 11) is 1.80. The van der Waals surface area contributed by atoms with Crippen molar-refractivity contribution >= 4 is 17.7 Å². The molecule has 0 atom stereocenters. The van der Waals surface area contributed by atoms with Crippen LogP contribution in [0, 0.1) is 5.82 Å². The number of nitrogens with zero attached hydrogens (tertiary/aromatic N) is 2. The first-order valence-electron chi connectivity index (χ1n) is 5.19. The highest BCUT2D eigenvalue weighted by Gasteiger charge is 2.09. The molecule has 18 heavy (non-hydrogen) atoms. The van der Waals surface area contributed by atoms with Crippen LogP contribution in [-0.4, -0.2) is 20.9 Å². The number of benzene rings is 1. The fourth-order valence-corrected chi connectivity index (χ4v) is 2.34. The van der Waals surface area contributed by atoms with E-state index in [2.05, 4.69) is 5.10 Å². The lowest BCUT2D eigenvalue weighted by molar-refractivity contribution is 0.0696. The number of thioether (sulfide) groups is 1. The summed E-state index contributed by atoms with van der Waals surface area (Å²) in [5, 5.41) is 12.9. The van der Waals surface area contributed by atoms with Crippen LogP contribution in [0.15, 0.2) is 35.5 Å². The number of aromatic nitrogens is 2. The Labute approximate surface area is 107 Å².